The van der Waals surface area contributed by atoms with Crippen LogP contribution >= 0.6 is 11.3 Å². The smallest absolute Gasteiger partial charge is 0.236 e. The van der Waals surface area contributed by atoms with Crippen molar-refractivity contribution in [3.8, 4) is 0 Å². The standard InChI is InChI=1S/C7H12N2O2S2/c1-5(2)13(10,11)9-7-8-4-6(3)12-7/h4-5H,1-3H3,(H,8,9). The van der Waals surface area contributed by atoms with Crippen molar-refractivity contribution < 1.29 is 8.42 Å². The van der Waals surface area contributed by atoms with Gasteiger partial charge >= 0.3 is 0 Å². The molecule has 1 aromatic rings. The summed E-state index contributed by atoms with van der Waals surface area (Å²) in [4.78, 5) is 4.90. The Morgan fingerprint density at radius 2 is 2.15 bits per heavy atom. The van der Waals surface area contributed by atoms with E-state index in [0.29, 0.717) is 5.13 Å². The van der Waals surface area contributed by atoms with Gasteiger partial charge < -0.3 is 0 Å². The van der Waals surface area contributed by atoms with Crippen LogP contribution < -0.4 is 4.72 Å². The van der Waals surface area contributed by atoms with Gasteiger partial charge in [0.1, 0.15) is 0 Å². The zero-order valence-corrected chi connectivity index (χ0v) is 9.37. The van der Waals surface area contributed by atoms with Crippen molar-refractivity contribution >= 4 is 26.5 Å². The maximum Gasteiger partial charge on any atom is 0.236 e. The second kappa shape index (κ2) is 3.63. The van der Waals surface area contributed by atoms with Gasteiger partial charge in [0.15, 0.2) is 5.13 Å². The van der Waals surface area contributed by atoms with Crippen molar-refractivity contribution in [3.05, 3.63) is 11.1 Å². The van der Waals surface area contributed by atoms with E-state index in [0.717, 1.165) is 4.88 Å². The molecule has 0 fully saturated rings. The molecule has 13 heavy (non-hydrogen) atoms. The Kier molecular flexibility index (Phi) is 2.92. The number of rotatable bonds is 3. The first kappa shape index (κ1) is 10.5. The summed E-state index contributed by atoms with van der Waals surface area (Å²) in [6.07, 6.45) is 1.64. The van der Waals surface area contributed by atoms with Crippen LogP contribution in [-0.4, -0.2) is 18.7 Å². The van der Waals surface area contributed by atoms with Gasteiger partial charge in [0.05, 0.1) is 5.25 Å². The highest BCUT2D eigenvalue weighted by Crippen LogP contribution is 2.18. The Bertz CT molecular complexity index is 381. The molecule has 0 aliphatic heterocycles. The van der Waals surface area contributed by atoms with E-state index in [4.69, 9.17) is 0 Å². The Hall–Kier alpha value is -0.620. The number of hydrogen-bond acceptors (Lipinski definition) is 4. The first-order valence-corrected chi connectivity index (χ1v) is 6.22. The number of nitrogens with one attached hydrogen (secondary N) is 1. The normalized spacial score (nSPS) is 12.0. The first-order valence-electron chi connectivity index (χ1n) is 3.86. The largest absolute Gasteiger partial charge is 0.258 e. The molecule has 0 unspecified atom stereocenters. The Labute approximate surface area is 82.1 Å². The zero-order chi connectivity index (χ0) is 10.1. The molecule has 0 aliphatic carbocycles. The Morgan fingerprint density at radius 3 is 2.54 bits per heavy atom. The molecular formula is C7H12N2O2S2. The lowest BCUT2D eigenvalue weighted by molar-refractivity contribution is 0.592. The van der Waals surface area contributed by atoms with Crippen LogP contribution in [0.25, 0.3) is 0 Å². The van der Waals surface area contributed by atoms with Gasteiger partial charge in [0.25, 0.3) is 0 Å². The summed E-state index contributed by atoms with van der Waals surface area (Å²) in [5, 5.41) is 0.00269. The van der Waals surface area contributed by atoms with Crippen molar-refractivity contribution in [2.24, 2.45) is 0 Å². The summed E-state index contributed by atoms with van der Waals surface area (Å²) in [5.74, 6) is 0. The highest BCUT2D eigenvalue weighted by molar-refractivity contribution is 7.93. The molecule has 0 saturated heterocycles. The van der Waals surface area contributed by atoms with E-state index in [2.05, 4.69) is 9.71 Å². The van der Waals surface area contributed by atoms with E-state index >= 15 is 0 Å². The molecule has 0 radical (unpaired) electrons. The van der Waals surface area contributed by atoms with E-state index in [9.17, 15) is 8.42 Å². The maximum atomic E-state index is 11.4. The average Bonchev–Trinajstić information content (AvgIpc) is 2.34. The molecule has 4 nitrogen and oxygen atoms in total. The lowest BCUT2D eigenvalue weighted by Gasteiger charge is -2.06. The summed E-state index contributed by atoms with van der Waals surface area (Å²) in [6, 6.07) is 0. The first-order chi connectivity index (χ1) is 5.92. The quantitative estimate of drug-likeness (QED) is 0.841. The molecule has 6 heteroatoms. The third kappa shape index (κ3) is 2.67. The Morgan fingerprint density at radius 1 is 1.54 bits per heavy atom. The number of hydrogen-bond donors (Lipinski definition) is 1. The fourth-order valence-electron chi connectivity index (χ4n) is 0.641. The van der Waals surface area contributed by atoms with Crippen LogP contribution in [0.3, 0.4) is 0 Å². The third-order valence-electron chi connectivity index (χ3n) is 1.47. The van der Waals surface area contributed by atoms with Crippen LogP contribution in [0.15, 0.2) is 6.20 Å². The monoisotopic (exact) mass is 220 g/mol. The van der Waals surface area contributed by atoms with Gasteiger partial charge in [-0.2, -0.15) is 0 Å². The third-order valence-corrected chi connectivity index (χ3v) is 4.15. The molecule has 0 aliphatic rings. The lowest BCUT2D eigenvalue weighted by Crippen LogP contribution is -2.22. The van der Waals surface area contributed by atoms with Crippen LogP contribution in [0.1, 0.15) is 18.7 Å². The minimum absolute atomic E-state index is 0.434. The van der Waals surface area contributed by atoms with E-state index in [1.807, 2.05) is 6.92 Å². The number of anilines is 1. The predicted octanol–water partition coefficient (Wildman–Crippen LogP) is 1.60. The van der Waals surface area contributed by atoms with Gasteiger partial charge in [-0.25, -0.2) is 13.4 Å². The fourth-order valence-corrected chi connectivity index (χ4v) is 2.20. The van der Waals surface area contributed by atoms with Crippen LogP contribution in [0.2, 0.25) is 0 Å². The van der Waals surface area contributed by atoms with Crippen LogP contribution in [0, 0.1) is 6.92 Å². The number of nitrogens with zero attached hydrogens (tertiary/aromatic N) is 1. The molecule has 0 spiro atoms. The SMILES string of the molecule is Cc1cnc(NS(=O)(=O)C(C)C)s1. The van der Waals surface area contributed by atoms with Crippen molar-refractivity contribution in [1.29, 1.82) is 0 Å². The van der Waals surface area contributed by atoms with Crippen molar-refractivity contribution in [3.63, 3.8) is 0 Å². The second-order valence-electron chi connectivity index (χ2n) is 2.97. The molecule has 1 rings (SSSR count). The maximum absolute atomic E-state index is 11.4. The number of aryl methyl sites for hydroxylation is 1. The van der Waals surface area contributed by atoms with Gasteiger partial charge in [-0.3, -0.25) is 4.72 Å². The van der Waals surface area contributed by atoms with Crippen LogP contribution in [0.4, 0.5) is 5.13 Å². The summed E-state index contributed by atoms with van der Waals surface area (Å²) in [6.45, 7) is 5.14. The molecule has 0 bridgehead atoms. The van der Waals surface area contributed by atoms with E-state index in [1.165, 1.54) is 11.3 Å². The summed E-state index contributed by atoms with van der Waals surface area (Å²) < 4.78 is 25.1. The molecule has 1 heterocycles. The summed E-state index contributed by atoms with van der Waals surface area (Å²) in [7, 11) is -3.24. The molecular weight excluding hydrogens is 208 g/mol. The van der Waals surface area contributed by atoms with Gasteiger partial charge in [-0.05, 0) is 20.8 Å². The minimum atomic E-state index is -3.24. The van der Waals surface area contributed by atoms with Crippen LogP contribution in [0.5, 0.6) is 0 Å². The number of sulfonamides is 1. The van der Waals surface area contributed by atoms with Gasteiger partial charge in [-0.1, -0.05) is 0 Å². The molecule has 0 atom stereocenters. The summed E-state index contributed by atoms with van der Waals surface area (Å²) in [5.41, 5.74) is 0. The molecule has 0 amide bonds. The number of thiazole rings is 1. The topological polar surface area (TPSA) is 59.1 Å². The van der Waals surface area contributed by atoms with E-state index < -0.39 is 15.3 Å². The van der Waals surface area contributed by atoms with Crippen molar-refractivity contribution in [1.82, 2.24) is 4.98 Å². The minimum Gasteiger partial charge on any atom is -0.258 e. The summed E-state index contributed by atoms with van der Waals surface area (Å²) >= 11 is 1.33. The highest BCUT2D eigenvalue weighted by Gasteiger charge is 2.16. The number of aromatic nitrogens is 1. The molecule has 74 valence electrons. The lowest BCUT2D eigenvalue weighted by atomic mass is 10.6. The second-order valence-corrected chi connectivity index (χ2v) is 6.44. The zero-order valence-electron chi connectivity index (χ0n) is 7.73. The average molecular weight is 220 g/mol. The van der Waals surface area contributed by atoms with Gasteiger partial charge in [0, 0.05) is 11.1 Å². The van der Waals surface area contributed by atoms with Crippen molar-refractivity contribution in [2.45, 2.75) is 26.0 Å². The molecule has 1 aromatic heterocycles. The van der Waals surface area contributed by atoms with Crippen LogP contribution in [-0.2, 0) is 10.0 Å². The predicted molar refractivity (Wildman–Crippen MR) is 54.5 cm³/mol. The van der Waals surface area contributed by atoms with E-state index in [-0.39, 0.29) is 0 Å². The molecule has 0 saturated carbocycles. The fraction of sp³-hybridized carbons (Fsp3) is 0.571. The highest BCUT2D eigenvalue weighted by atomic mass is 32.2. The molecule has 1 N–H and O–H groups in total. The van der Waals surface area contributed by atoms with Gasteiger partial charge in [0.2, 0.25) is 10.0 Å². The Balaban J connectivity index is 2.81. The van der Waals surface area contributed by atoms with Crippen molar-refractivity contribution in [2.75, 3.05) is 4.72 Å². The van der Waals surface area contributed by atoms with E-state index in [1.54, 1.807) is 20.0 Å². The van der Waals surface area contributed by atoms with Gasteiger partial charge in [-0.15, -0.1) is 11.3 Å². The molecule has 0 aromatic carbocycles.